The number of unbranched alkanes of at least 4 members (excludes halogenated alkanes) is 1. The fourth-order valence-corrected chi connectivity index (χ4v) is 2.35. The van der Waals surface area contributed by atoms with Crippen molar-refractivity contribution < 1.29 is 14.3 Å². The SMILES string of the molecule is Cc1ccc(OCCCCNC(=O)C(C)(C)COC(C)(C)CCN)cc1. The van der Waals surface area contributed by atoms with E-state index in [1.807, 2.05) is 52.0 Å². The molecule has 5 nitrogen and oxygen atoms in total. The molecule has 1 aromatic carbocycles. The summed E-state index contributed by atoms with van der Waals surface area (Å²) >= 11 is 0. The molecule has 0 atom stereocenters. The fraction of sp³-hybridized carbons (Fsp3) is 0.667. The lowest BCUT2D eigenvalue weighted by molar-refractivity contribution is -0.137. The van der Waals surface area contributed by atoms with E-state index in [1.54, 1.807) is 0 Å². The molecular formula is C21H36N2O3. The van der Waals surface area contributed by atoms with E-state index in [1.165, 1.54) is 5.56 Å². The number of nitrogens with two attached hydrogens (primary N) is 1. The second-order valence-corrected chi connectivity index (χ2v) is 8.10. The van der Waals surface area contributed by atoms with E-state index in [9.17, 15) is 4.79 Å². The molecule has 0 aliphatic carbocycles. The fourth-order valence-electron chi connectivity index (χ4n) is 2.35. The number of aryl methyl sites for hydroxylation is 1. The van der Waals surface area contributed by atoms with Crippen LogP contribution in [0.1, 0.15) is 52.5 Å². The van der Waals surface area contributed by atoms with Crippen LogP contribution in [0.25, 0.3) is 0 Å². The minimum absolute atomic E-state index is 0.0144. The van der Waals surface area contributed by atoms with Crippen LogP contribution in [0.2, 0.25) is 0 Å². The zero-order valence-electron chi connectivity index (χ0n) is 17.1. The maximum atomic E-state index is 12.4. The van der Waals surface area contributed by atoms with Gasteiger partial charge in [-0.2, -0.15) is 0 Å². The van der Waals surface area contributed by atoms with Gasteiger partial charge < -0.3 is 20.5 Å². The Morgan fingerprint density at radius 2 is 1.77 bits per heavy atom. The average molecular weight is 365 g/mol. The van der Waals surface area contributed by atoms with Crippen molar-refractivity contribution in [3.8, 4) is 5.75 Å². The first-order chi connectivity index (χ1) is 12.2. The second kappa shape index (κ2) is 10.5. The van der Waals surface area contributed by atoms with Crippen molar-refractivity contribution in [1.82, 2.24) is 5.32 Å². The van der Waals surface area contributed by atoms with Gasteiger partial charge in [0, 0.05) is 6.54 Å². The molecular weight excluding hydrogens is 328 g/mol. The molecule has 0 bridgehead atoms. The van der Waals surface area contributed by atoms with E-state index in [0.717, 1.165) is 25.0 Å². The number of carbonyl (C=O) groups is 1. The van der Waals surface area contributed by atoms with Crippen LogP contribution in [-0.2, 0) is 9.53 Å². The predicted molar refractivity (Wildman–Crippen MR) is 106 cm³/mol. The predicted octanol–water partition coefficient (Wildman–Crippen LogP) is 3.44. The van der Waals surface area contributed by atoms with Crippen LogP contribution >= 0.6 is 0 Å². The number of carbonyl (C=O) groups excluding carboxylic acids is 1. The molecule has 26 heavy (non-hydrogen) atoms. The largest absolute Gasteiger partial charge is 0.494 e. The minimum Gasteiger partial charge on any atom is -0.494 e. The molecule has 0 unspecified atom stereocenters. The lowest BCUT2D eigenvalue weighted by Gasteiger charge is -2.31. The summed E-state index contributed by atoms with van der Waals surface area (Å²) in [5.74, 6) is 0.901. The Morgan fingerprint density at radius 3 is 2.38 bits per heavy atom. The Morgan fingerprint density at radius 1 is 1.12 bits per heavy atom. The van der Waals surface area contributed by atoms with Crippen molar-refractivity contribution in [3.05, 3.63) is 29.8 Å². The molecule has 1 amide bonds. The lowest BCUT2D eigenvalue weighted by Crippen LogP contribution is -2.42. The number of ether oxygens (including phenoxy) is 2. The van der Waals surface area contributed by atoms with Crippen molar-refractivity contribution in [1.29, 1.82) is 0 Å². The molecule has 0 saturated heterocycles. The lowest BCUT2D eigenvalue weighted by atomic mass is 9.92. The molecule has 0 aliphatic rings. The van der Waals surface area contributed by atoms with Crippen LogP contribution in [-0.4, -0.2) is 37.8 Å². The van der Waals surface area contributed by atoms with Crippen molar-refractivity contribution in [3.63, 3.8) is 0 Å². The highest BCUT2D eigenvalue weighted by atomic mass is 16.5. The summed E-state index contributed by atoms with van der Waals surface area (Å²) in [5, 5.41) is 3.00. The normalized spacial score (nSPS) is 12.1. The number of benzene rings is 1. The van der Waals surface area contributed by atoms with Gasteiger partial charge in [0.15, 0.2) is 0 Å². The first-order valence-electron chi connectivity index (χ1n) is 9.48. The summed E-state index contributed by atoms with van der Waals surface area (Å²) in [6, 6.07) is 8.03. The Balaban J connectivity index is 2.20. The molecule has 0 spiro atoms. The third-order valence-corrected chi connectivity index (χ3v) is 4.33. The Hall–Kier alpha value is -1.59. The van der Waals surface area contributed by atoms with Gasteiger partial charge >= 0.3 is 0 Å². The summed E-state index contributed by atoms with van der Waals surface area (Å²) < 4.78 is 11.6. The van der Waals surface area contributed by atoms with Crippen LogP contribution in [0.3, 0.4) is 0 Å². The third-order valence-electron chi connectivity index (χ3n) is 4.33. The molecule has 1 rings (SSSR count). The van der Waals surface area contributed by atoms with Crippen molar-refractivity contribution in [2.45, 2.75) is 59.5 Å². The Bertz CT molecular complexity index is 539. The quantitative estimate of drug-likeness (QED) is 0.557. The molecule has 0 aromatic heterocycles. The molecule has 0 aliphatic heterocycles. The maximum absolute atomic E-state index is 12.4. The van der Waals surface area contributed by atoms with E-state index < -0.39 is 5.41 Å². The van der Waals surface area contributed by atoms with Crippen LogP contribution in [0, 0.1) is 12.3 Å². The molecule has 0 fully saturated rings. The number of rotatable bonds is 12. The summed E-state index contributed by atoms with van der Waals surface area (Å²) in [6.45, 7) is 12.1. The van der Waals surface area contributed by atoms with Gasteiger partial charge in [-0.05, 0) is 72.6 Å². The molecule has 0 radical (unpaired) electrons. The molecule has 3 N–H and O–H groups in total. The molecule has 0 heterocycles. The van der Waals surface area contributed by atoms with Gasteiger partial charge in [0.1, 0.15) is 5.75 Å². The van der Waals surface area contributed by atoms with Gasteiger partial charge in [0.05, 0.1) is 24.2 Å². The first-order valence-corrected chi connectivity index (χ1v) is 9.48. The van der Waals surface area contributed by atoms with E-state index in [2.05, 4.69) is 12.2 Å². The van der Waals surface area contributed by atoms with Gasteiger partial charge in [-0.25, -0.2) is 0 Å². The standard InChI is InChI=1S/C21H36N2O3/c1-17-8-10-18(11-9-17)25-15-7-6-14-23-19(24)20(2,3)16-26-21(4,5)12-13-22/h8-11H,6-7,12-16,22H2,1-5H3,(H,23,24). The summed E-state index contributed by atoms with van der Waals surface area (Å²) in [7, 11) is 0. The van der Waals surface area contributed by atoms with Crippen LogP contribution in [0.15, 0.2) is 24.3 Å². The molecule has 1 aromatic rings. The van der Waals surface area contributed by atoms with Gasteiger partial charge in [0.25, 0.3) is 0 Å². The number of nitrogens with one attached hydrogen (secondary N) is 1. The Labute approximate surface area is 158 Å². The zero-order valence-corrected chi connectivity index (χ0v) is 17.1. The van der Waals surface area contributed by atoms with Crippen LogP contribution in [0.5, 0.6) is 5.75 Å². The molecule has 0 saturated carbocycles. The topological polar surface area (TPSA) is 73.6 Å². The number of hydrogen-bond donors (Lipinski definition) is 2. The third kappa shape index (κ3) is 8.68. The Kier molecular flexibility index (Phi) is 9.09. The van der Waals surface area contributed by atoms with E-state index in [-0.39, 0.29) is 11.5 Å². The minimum atomic E-state index is -0.565. The number of amides is 1. The summed E-state index contributed by atoms with van der Waals surface area (Å²) in [6.07, 6.45) is 2.55. The van der Waals surface area contributed by atoms with E-state index in [0.29, 0.717) is 26.3 Å². The van der Waals surface area contributed by atoms with Crippen LogP contribution < -0.4 is 15.8 Å². The van der Waals surface area contributed by atoms with Crippen molar-refractivity contribution in [2.75, 3.05) is 26.3 Å². The molecule has 148 valence electrons. The highest BCUT2D eigenvalue weighted by Crippen LogP contribution is 2.22. The summed E-state index contributed by atoms with van der Waals surface area (Å²) in [4.78, 5) is 12.4. The van der Waals surface area contributed by atoms with E-state index in [4.69, 9.17) is 15.2 Å². The molecule has 5 heteroatoms. The highest BCUT2D eigenvalue weighted by Gasteiger charge is 2.30. The van der Waals surface area contributed by atoms with Crippen molar-refractivity contribution >= 4 is 5.91 Å². The summed E-state index contributed by atoms with van der Waals surface area (Å²) in [5.41, 5.74) is 5.94. The number of hydrogen-bond acceptors (Lipinski definition) is 4. The zero-order chi connectivity index (χ0) is 19.6. The van der Waals surface area contributed by atoms with Crippen molar-refractivity contribution in [2.24, 2.45) is 11.1 Å². The van der Waals surface area contributed by atoms with Gasteiger partial charge in [0.2, 0.25) is 5.91 Å². The van der Waals surface area contributed by atoms with Crippen LogP contribution in [0.4, 0.5) is 0 Å². The second-order valence-electron chi connectivity index (χ2n) is 8.10. The smallest absolute Gasteiger partial charge is 0.227 e. The first kappa shape index (κ1) is 22.5. The monoisotopic (exact) mass is 364 g/mol. The van der Waals surface area contributed by atoms with E-state index >= 15 is 0 Å². The highest BCUT2D eigenvalue weighted by molar-refractivity contribution is 5.81. The average Bonchev–Trinajstić information content (AvgIpc) is 2.57. The maximum Gasteiger partial charge on any atom is 0.227 e. The van der Waals surface area contributed by atoms with Gasteiger partial charge in [-0.3, -0.25) is 4.79 Å². The van der Waals surface area contributed by atoms with Gasteiger partial charge in [-0.1, -0.05) is 17.7 Å². The van der Waals surface area contributed by atoms with Gasteiger partial charge in [-0.15, -0.1) is 0 Å².